The van der Waals surface area contributed by atoms with Gasteiger partial charge >= 0.3 is 0 Å². The lowest BCUT2D eigenvalue weighted by molar-refractivity contribution is 1.17. The lowest BCUT2D eigenvalue weighted by Crippen LogP contribution is -1.98. The average Bonchev–Trinajstić information content (AvgIpc) is 3.87. The maximum Gasteiger partial charge on any atom is 0.160 e. The molecular weight excluding hydrogens is 725 g/mol. The zero-order valence-electron chi connectivity index (χ0n) is 31.2. The van der Waals surface area contributed by atoms with Gasteiger partial charge in [0.1, 0.15) is 0 Å². The van der Waals surface area contributed by atoms with E-state index in [9.17, 15) is 0 Å². The van der Waals surface area contributed by atoms with Crippen LogP contribution in [0.2, 0.25) is 0 Å². The summed E-state index contributed by atoms with van der Waals surface area (Å²) in [5, 5.41) is 9.89. The molecule has 0 aliphatic heterocycles. The summed E-state index contributed by atoms with van der Waals surface area (Å²) in [5.74, 6) is 0.692. The summed E-state index contributed by atoms with van der Waals surface area (Å²) >= 11 is 1.87. The first-order valence-corrected chi connectivity index (χ1v) is 20.3. The summed E-state index contributed by atoms with van der Waals surface area (Å²) in [5.41, 5.74) is 10.5. The zero-order valence-corrected chi connectivity index (χ0v) is 32.0. The van der Waals surface area contributed by atoms with Gasteiger partial charge in [-0.15, -0.1) is 11.3 Å². The van der Waals surface area contributed by atoms with E-state index in [1.165, 1.54) is 63.5 Å². The van der Waals surface area contributed by atoms with Gasteiger partial charge in [-0.1, -0.05) is 133 Å². The third-order valence-corrected chi connectivity index (χ3v) is 12.6. The van der Waals surface area contributed by atoms with Crippen molar-refractivity contribution in [3.8, 4) is 50.8 Å². The van der Waals surface area contributed by atoms with Crippen LogP contribution in [-0.2, 0) is 0 Å². The lowest BCUT2D eigenvalue weighted by Gasteiger charge is -2.14. The molecule has 4 aromatic heterocycles. The Balaban J connectivity index is 1.17. The summed E-state index contributed by atoms with van der Waals surface area (Å²) in [6.07, 6.45) is 1.90. The minimum absolute atomic E-state index is 0.692. The zero-order chi connectivity index (χ0) is 38.2. The van der Waals surface area contributed by atoms with Crippen LogP contribution in [-0.4, -0.2) is 19.5 Å². The number of nitrogens with zero attached hydrogens (tertiary/aromatic N) is 4. The van der Waals surface area contributed by atoms with Crippen LogP contribution in [0.1, 0.15) is 0 Å². The number of thiophene rings is 1. The highest BCUT2D eigenvalue weighted by Gasteiger charge is 2.25. The molecule has 0 radical (unpaired) electrons. The SMILES string of the molecule is c1ccc(-c2cc(-c3ccccc3)nc(-c3ccc(-n4c5c(cc(-c6ccccn6)c6c7ccccc7sc65)c5c6ccccc6c6ccccc6c54)cc3)n2)cc1. The van der Waals surface area contributed by atoms with Gasteiger partial charge in [0.25, 0.3) is 0 Å². The van der Waals surface area contributed by atoms with E-state index in [0.29, 0.717) is 5.82 Å². The molecule has 0 bridgehead atoms. The van der Waals surface area contributed by atoms with Crippen molar-refractivity contribution in [2.45, 2.75) is 0 Å². The minimum atomic E-state index is 0.692. The van der Waals surface area contributed by atoms with Gasteiger partial charge in [-0.25, -0.2) is 9.97 Å². The Morgan fingerprint density at radius 3 is 1.66 bits per heavy atom. The van der Waals surface area contributed by atoms with Crippen molar-refractivity contribution in [2.24, 2.45) is 0 Å². The summed E-state index contributed by atoms with van der Waals surface area (Å²) in [7, 11) is 0. The van der Waals surface area contributed by atoms with Gasteiger partial charge in [-0.2, -0.15) is 0 Å². The minimum Gasteiger partial charge on any atom is -0.307 e. The first-order valence-electron chi connectivity index (χ1n) is 19.5. The van der Waals surface area contributed by atoms with E-state index >= 15 is 0 Å². The predicted molar refractivity (Wildman–Crippen MR) is 244 cm³/mol. The Morgan fingerprint density at radius 2 is 0.983 bits per heavy atom. The molecule has 5 heteroatoms. The summed E-state index contributed by atoms with van der Waals surface area (Å²) in [4.78, 5) is 15.2. The summed E-state index contributed by atoms with van der Waals surface area (Å²) in [6.45, 7) is 0. The Labute approximate surface area is 338 Å². The molecule has 270 valence electrons. The van der Waals surface area contributed by atoms with Crippen molar-refractivity contribution in [1.29, 1.82) is 0 Å². The Morgan fingerprint density at radius 1 is 0.397 bits per heavy atom. The Bertz CT molecular complexity index is 3480. The van der Waals surface area contributed by atoms with Crippen LogP contribution in [0.3, 0.4) is 0 Å². The largest absolute Gasteiger partial charge is 0.307 e. The van der Waals surface area contributed by atoms with E-state index in [4.69, 9.17) is 15.0 Å². The number of hydrogen-bond donors (Lipinski definition) is 0. The van der Waals surface area contributed by atoms with Gasteiger partial charge in [-0.3, -0.25) is 4.98 Å². The first-order chi connectivity index (χ1) is 28.8. The van der Waals surface area contributed by atoms with Crippen LogP contribution in [0.4, 0.5) is 0 Å². The molecule has 0 aliphatic rings. The van der Waals surface area contributed by atoms with Gasteiger partial charge in [0, 0.05) is 65.8 Å². The third-order valence-electron chi connectivity index (χ3n) is 11.4. The van der Waals surface area contributed by atoms with Crippen LogP contribution in [0, 0.1) is 0 Å². The van der Waals surface area contributed by atoms with Crippen LogP contribution < -0.4 is 0 Å². The molecule has 4 heterocycles. The fourth-order valence-electron chi connectivity index (χ4n) is 8.87. The van der Waals surface area contributed by atoms with Crippen LogP contribution in [0.5, 0.6) is 0 Å². The van der Waals surface area contributed by atoms with Gasteiger partial charge in [0.2, 0.25) is 0 Å². The molecule has 0 saturated heterocycles. The molecule has 0 aliphatic carbocycles. The normalized spacial score (nSPS) is 11.8. The molecule has 58 heavy (non-hydrogen) atoms. The molecule has 0 spiro atoms. The van der Waals surface area contributed by atoms with Gasteiger partial charge < -0.3 is 4.57 Å². The maximum atomic E-state index is 5.15. The van der Waals surface area contributed by atoms with Crippen molar-refractivity contribution in [3.05, 3.63) is 194 Å². The van der Waals surface area contributed by atoms with E-state index in [-0.39, 0.29) is 0 Å². The van der Waals surface area contributed by atoms with E-state index in [1.54, 1.807) is 0 Å². The van der Waals surface area contributed by atoms with Crippen molar-refractivity contribution in [2.75, 3.05) is 0 Å². The van der Waals surface area contributed by atoms with Crippen LogP contribution in [0.15, 0.2) is 194 Å². The van der Waals surface area contributed by atoms with Crippen LogP contribution >= 0.6 is 11.3 Å². The van der Waals surface area contributed by atoms with Crippen molar-refractivity contribution < 1.29 is 0 Å². The molecule has 8 aromatic carbocycles. The molecule has 4 nitrogen and oxygen atoms in total. The number of aromatic nitrogens is 4. The first kappa shape index (κ1) is 32.7. The van der Waals surface area contributed by atoms with Crippen molar-refractivity contribution >= 4 is 74.9 Å². The Hall–Kier alpha value is -7.47. The smallest absolute Gasteiger partial charge is 0.160 e. The summed E-state index contributed by atoms with van der Waals surface area (Å²) < 4.78 is 5.02. The molecular formula is C53H32N4S. The number of fused-ring (bicyclic) bond motifs is 12. The van der Waals surface area contributed by atoms with E-state index in [1.807, 2.05) is 35.7 Å². The second kappa shape index (κ2) is 13.1. The van der Waals surface area contributed by atoms with E-state index in [2.05, 4.69) is 174 Å². The monoisotopic (exact) mass is 756 g/mol. The number of pyridine rings is 1. The molecule has 0 amide bonds. The highest BCUT2D eigenvalue weighted by molar-refractivity contribution is 7.26. The predicted octanol–water partition coefficient (Wildman–Crippen LogP) is 14.3. The van der Waals surface area contributed by atoms with Gasteiger partial charge in [0.15, 0.2) is 5.82 Å². The highest BCUT2D eigenvalue weighted by atomic mass is 32.1. The Kier molecular flexibility index (Phi) is 7.37. The van der Waals surface area contributed by atoms with Gasteiger partial charge in [-0.05, 0) is 70.8 Å². The number of hydrogen-bond acceptors (Lipinski definition) is 4. The number of benzene rings is 8. The standard InChI is InChI=1S/C53H32N4S/c1-3-15-33(16-4-1)45-32-46(34-17-5-2-6-18-34)56-53(55-45)35-26-28-36(29-27-35)57-50-40-22-10-8-20-38(40)37-19-7-9-21-39(37)48(50)43-31-42(44-24-13-14-30-54-44)49-41-23-11-12-25-47(41)58-52(49)51(43)57/h1-32H. The molecule has 0 atom stereocenters. The second-order valence-corrected chi connectivity index (χ2v) is 15.8. The highest BCUT2D eigenvalue weighted by Crippen LogP contribution is 2.50. The lowest BCUT2D eigenvalue weighted by atomic mass is 9.95. The molecule has 0 fully saturated rings. The second-order valence-electron chi connectivity index (χ2n) is 14.7. The summed E-state index contributed by atoms with van der Waals surface area (Å²) in [6, 6.07) is 66.8. The average molecular weight is 757 g/mol. The molecule has 0 N–H and O–H groups in total. The molecule has 0 saturated carbocycles. The molecule has 12 rings (SSSR count). The number of rotatable bonds is 5. The molecule has 12 aromatic rings. The van der Waals surface area contributed by atoms with E-state index in [0.717, 1.165) is 45.0 Å². The third kappa shape index (κ3) is 5.04. The van der Waals surface area contributed by atoms with E-state index < -0.39 is 0 Å². The molecule has 0 unspecified atom stereocenters. The maximum absolute atomic E-state index is 5.15. The topological polar surface area (TPSA) is 43.6 Å². The fraction of sp³-hybridized carbons (Fsp3) is 0. The van der Waals surface area contributed by atoms with Crippen molar-refractivity contribution in [3.63, 3.8) is 0 Å². The fourth-order valence-corrected chi connectivity index (χ4v) is 10.1. The quantitative estimate of drug-likeness (QED) is 0.164. The van der Waals surface area contributed by atoms with Gasteiger partial charge in [0.05, 0.1) is 32.8 Å². The van der Waals surface area contributed by atoms with Crippen LogP contribution in [0.25, 0.3) is 114 Å². The van der Waals surface area contributed by atoms with Crippen molar-refractivity contribution in [1.82, 2.24) is 19.5 Å².